The Kier molecular flexibility index (Phi) is 5.69. The minimum absolute atomic E-state index is 0.238. The number of hydrogen-bond donors (Lipinski definition) is 3. The molecule has 0 aliphatic rings. The number of nitrogens with zero attached hydrogens (tertiary/aromatic N) is 1. The van der Waals surface area contributed by atoms with Crippen LogP contribution in [-0.2, 0) is 27.9 Å². The molecule has 7 nitrogen and oxygen atoms in total. The third-order valence-corrected chi connectivity index (χ3v) is 4.64. The molecule has 1 atom stereocenters. The number of carbonyl (C=O) groups is 1. The second kappa shape index (κ2) is 7.53. The average molecular weight is 355 g/mol. The van der Waals surface area contributed by atoms with Crippen LogP contribution in [-0.4, -0.2) is 24.4 Å². The number of hydrogen-bond acceptors (Lipinski definition) is 5. The van der Waals surface area contributed by atoms with E-state index < -0.39 is 10.3 Å². The van der Waals surface area contributed by atoms with Gasteiger partial charge < -0.3 is 5.32 Å². The van der Waals surface area contributed by atoms with Crippen LogP contribution in [0.2, 0.25) is 0 Å². The van der Waals surface area contributed by atoms with Crippen molar-refractivity contribution in [3.63, 3.8) is 0 Å². The fraction of sp³-hybridized carbons (Fsp3) is 0.286. The lowest BCUT2D eigenvalue weighted by Gasteiger charge is -2.14. The lowest BCUT2D eigenvalue weighted by molar-refractivity contribution is -0.110. The Balaban J connectivity index is 2.12. The monoisotopic (exact) mass is 355 g/mol. The topological polar surface area (TPSA) is 108 Å². The van der Waals surface area contributed by atoms with E-state index in [-0.39, 0.29) is 11.7 Å². The van der Waals surface area contributed by atoms with Crippen LogP contribution < -0.4 is 10.0 Å². The normalized spacial score (nSPS) is 12.6. The molecule has 0 bridgehead atoms. The van der Waals surface area contributed by atoms with Crippen molar-refractivity contribution in [1.82, 2.24) is 10.3 Å². The molecular formula is C14H17N3O4S2. The Morgan fingerprint density at radius 1 is 1.35 bits per heavy atom. The summed E-state index contributed by atoms with van der Waals surface area (Å²) in [6.07, 6.45) is 2.01. The predicted molar refractivity (Wildman–Crippen MR) is 88.8 cm³/mol. The van der Waals surface area contributed by atoms with Gasteiger partial charge in [0.2, 0.25) is 6.41 Å². The van der Waals surface area contributed by atoms with Gasteiger partial charge in [-0.1, -0.05) is 19.1 Å². The summed E-state index contributed by atoms with van der Waals surface area (Å²) in [5.41, 5.74) is 2.15. The summed E-state index contributed by atoms with van der Waals surface area (Å²) in [6.45, 7) is 2.02. The molecule has 1 aromatic heterocycles. The van der Waals surface area contributed by atoms with Crippen LogP contribution in [0.1, 0.15) is 29.2 Å². The van der Waals surface area contributed by atoms with Gasteiger partial charge in [-0.05, 0) is 30.5 Å². The van der Waals surface area contributed by atoms with Crippen LogP contribution in [0.3, 0.4) is 0 Å². The standard InChI is InChI=1S/C14H17N3O4S2/c1-2-11-8-22-14(16-11)13(15-9-18)7-10-3-5-12(6-4-10)17-23(19,20)21/h3-6,8-9,13,17H,2,7H2,1H3,(H,15,18)(H,19,20,21). The highest BCUT2D eigenvalue weighted by Gasteiger charge is 2.15. The molecule has 2 aromatic rings. The number of thiazole rings is 1. The van der Waals surface area contributed by atoms with Gasteiger partial charge in [-0.15, -0.1) is 11.3 Å². The molecule has 0 radical (unpaired) electrons. The Hall–Kier alpha value is -1.97. The molecule has 0 saturated heterocycles. The molecule has 1 amide bonds. The largest absolute Gasteiger partial charge is 0.357 e. The minimum atomic E-state index is -4.28. The van der Waals surface area contributed by atoms with Crippen LogP contribution in [0, 0.1) is 0 Å². The number of amides is 1. The molecule has 2 rings (SSSR count). The molecule has 0 aliphatic carbocycles. The Morgan fingerprint density at radius 2 is 2.04 bits per heavy atom. The number of nitrogens with one attached hydrogen (secondary N) is 2. The van der Waals surface area contributed by atoms with Crippen molar-refractivity contribution in [2.75, 3.05) is 4.72 Å². The van der Waals surface area contributed by atoms with E-state index in [1.807, 2.05) is 17.0 Å². The summed E-state index contributed by atoms with van der Waals surface area (Å²) < 4.78 is 32.2. The first kappa shape index (κ1) is 17.4. The molecule has 1 heterocycles. The zero-order chi connectivity index (χ0) is 16.9. The number of benzene rings is 1. The van der Waals surface area contributed by atoms with E-state index >= 15 is 0 Å². The molecule has 1 aromatic carbocycles. The van der Waals surface area contributed by atoms with Gasteiger partial charge in [-0.3, -0.25) is 14.1 Å². The number of rotatable bonds is 8. The summed E-state index contributed by atoms with van der Waals surface area (Å²) in [7, 11) is -4.28. The second-order valence-electron chi connectivity index (χ2n) is 4.85. The third kappa shape index (κ3) is 5.31. The maximum absolute atomic E-state index is 10.8. The highest BCUT2D eigenvalue weighted by Crippen LogP contribution is 2.23. The summed E-state index contributed by atoms with van der Waals surface area (Å²) in [6, 6.07) is 6.29. The van der Waals surface area contributed by atoms with E-state index in [2.05, 4.69) is 10.3 Å². The smallest absolute Gasteiger partial charge is 0.349 e. The molecule has 23 heavy (non-hydrogen) atoms. The van der Waals surface area contributed by atoms with Gasteiger partial charge in [0.1, 0.15) is 5.01 Å². The number of aromatic nitrogens is 1. The van der Waals surface area contributed by atoms with Gasteiger partial charge in [0, 0.05) is 5.38 Å². The highest BCUT2D eigenvalue weighted by molar-refractivity contribution is 7.87. The van der Waals surface area contributed by atoms with Crippen molar-refractivity contribution in [2.24, 2.45) is 0 Å². The second-order valence-corrected chi connectivity index (χ2v) is 6.89. The van der Waals surface area contributed by atoms with Crippen LogP contribution in [0.4, 0.5) is 5.69 Å². The molecule has 124 valence electrons. The molecular weight excluding hydrogens is 338 g/mol. The Labute approximate surface area is 138 Å². The quantitative estimate of drug-likeness (QED) is 0.495. The van der Waals surface area contributed by atoms with Crippen molar-refractivity contribution < 1.29 is 17.8 Å². The van der Waals surface area contributed by atoms with Gasteiger partial charge in [0.05, 0.1) is 17.4 Å². The van der Waals surface area contributed by atoms with Gasteiger partial charge in [0.25, 0.3) is 0 Å². The van der Waals surface area contributed by atoms with Crippen LogP contribution in [0.5, 0.6) is 0 Å². The minimum Gasteiger partial charge on any atom is -0.349 e. The molecule has 3 N–H and O–H groups in total. The highest BCUT2D eigenvalue weighted by atomic mass is 32.2. The molecule has 0 spiro atoms. The molecule has 1 unspecified atom stereocenters. The van der Waals surface area contributed by atoms with E-state index in [9.17, 15) is 13.2 Å². The lowest BCUT2D eigenvalue weighted by atomic mass is 10.1. The van der Waals surface area contributed by atoms with Crippen molar-refractivity contribution in [1.29, 1.82) is 0 Å². The van der Waals surface area contributed by atoms with E-state index in [0.29, 0.717) is 12.8 Å². The summed E-state index contributed by atoms with van der Waals surface area (Å²) in [4.78, 5) is 15.3. The van der Waals surface area contributed by atoms with Crippen LogP contribution in [0.25, 0.3) is 0 Å². The zero-order valence-electron chi connectivity index (χ0n) is 12.4. The molecule has 0 aliphatic heterocycles. The maximum atomic E-state index is 10.8. The van der Waals surface area contributed by atoms with Crippen molar-refractivity contribution in [2.45, 2.75) is 25.8 Å². The van der Waals surface area contributed by atoms with Crippen molar-refractivity contribution >= 4 is 33.7 Å². The van der Waals surface area contributed by atoms with E-state index in [4.69, 9.17) is 4.55 Å². The van der Waals surface area contributed by atoms with Crippen molar-refractivity contribution in [3.8, 4) is 0 Å². The van der Waals surface area contributed by atoms with E-state index in [1.54, 1.807) is 24.3 Å². The fourth-order valence-electron chi connectivity index (χ4n) is 2.04. The number of carbonyl (C=O) groups excluding carboxylic acids is 1. The summed E-state index contributed by atoms with van der Waals surface area (Å²) >= 11 is 1.50. The van der Waals surface area contributed by atoms with Gasteiger partial charge >= 0.3 is 10.3 Å². The SMILES string of the molecule is CCc1csc(C(Cc2ccc(NS(=O)(=O)O)cc2)NC=O)n1. The van der Waals surface area contributed by atoms with Crippen LogP contribution >= 0.6 is 11.3 Å². The first-order valence-electron chi connectivity index (χ1n) is 6.89. The Morgan fingerprint density at radius 3 is 2.57 bits per heavy atom. The maximum Gasteiger partial charge on any atom is 0.357 e. The summed E-state index contributed by atoms with van der Waals surface area (Å²) in [5.74, 6) is 0. The zero-order valence-corrected chi connectivity index (χ0v) is 14.0. The van der Waals surface area contributed by atoms with E-state index in [1.165, 1.54) is 11.3 Å². The predicted octanol–water partition coefficient (Wildman–Crippen LogP) is 1.95. The van der Waals surface area contributed by atoms with Gasteiger partial charge in [-0.2, -0.15) is 8.42 Å². The fourth-order valence-corrected chi connectivity index (χ4v) is 3.43. The number of aryl methyl sites for hydroxylation is 1. The van der Waals surface area contributed by atoms with Crippen LogP contribution in [0.15, 0.2) is 29.6 Å². The van der Waals surface area contributed by atoms with Crippen molar-refractivity contribution in [3.05, 3.63) is 45.9 Å². The first-order chi connectivity index (χ1) is 10.9. The average Bonchev–Trinajstić information content (AvgIpc) is 2.96. The molecule has 0 saturated carbocycles. The lowest BCUT2D eigenvalue weighted by Crippen LogP contribution is -2.21. The molecule has 0 fully saturated rings. The first-order valence-corrected chi connectivity index (χ1v) is 9.21. The Bertz CT molecular complexity index is 757. The third-order valence-electron chi connectivity index (χ3n) is 3.14. The van der Waals surface area contributed by atoms with Gasteiger partial charge in [-0.25, -0.2) is 4.98 Å². The number of anilines is 1. The molecule has 9 heteroatoms. The summed E-state index contributed by atoms with van der Waals surface area (Å²) in [5, 5.41) is 5.55. The van der Waals surface area contributed by atoms with Gasteiger partial charge in [0.15, 0.2) is 0 Å². The van der Waals surface area contributed by atoms with E-state index in [0.717, 1.165) is 22.7 Å².